The van der Waals surface area contributed by atoms with Gasteiger partial charge in [-0.15, -0.1) is 0 Å². The normalized spacial score (nSPS) is 15.2. The van der Waals surface area contributed by atoms with Crippen LogP contribution in [0.5, 0.6) is 5.75 Å². The summed E-state index contributed by atoms with van der Waals surface area (Å²) in [5, 5.41) is 3.83. The summed E-state index contributed by atoms with van der Waals surface area (Å²) in [6.07, 6.45) is 1.96. The molecule has 1 aliphatic rings. The van der Waals surface area contributed by atoms with Gasteiger partial charge in [-0.2, -0.15) is 18.2 Å². The highest BCUT2D eigenvalue weighted by molar-refractivity contribution is 7.89. The molecule has 0 spiro atoms. The minimum absolute atomic E-state index is 0.0324. The maximum atomic E-state index is 12.6. The molecule has 0 aliphatic carbocycles. The molecule has 2 aromatic carbocycles. The zero-order chi connectivity index (χ0) is 23.0. The topological polar surface area (TPSA) is 97.3 Å². The molecule has 1 amide bonds. The highest BCUT2D eigenvalue weighted by atomic mass is 32.2. The van der Waals surface area contributed by atoms with E-state index >= 15 is 0 Å². The van der Waals surface area contributed by atoms with E-state index in [2.05, 4.69) is 15.3 Å². The molecule has 2 aromatic rings. The number of ether oxygens (including phenoxy) is 2. The number of carbonyl (C=O) groups is 1. The van der Waals surface area contributed by atoms with Crippen LogP contribution in [0, 0.1) is 0 Å². The van der Waals surface area contributed by atoms with Gasteiger partial charge in [0.25, 0.3) is 0 Å². The van der Waals surface area contributed by atoms with Gasteiger partial charge in [-0.1, -0.05) is 12.1 Å². The number of carbonyl (C=O) groups excluding carboxylic acids is 1. The second-order valence-electron chi connectivity index (χ2n) is 6.90. The van der Waals surface area contributed by atoms with Crippen molar-refractivity contribution in [1.82, 2.24) is 9.73 Å². The first-order valence-corrected chi connectivity index (χ1v) is 11.3. The van der Waals surface area contributed by atoms with E-state index in [0.717, 1.165) is 5.56 Å². The highest BCUT2D eigenvalue weighted by Gasteiger charge is 2.26. The molecular weight excluding hydrogens is 444 g/mol. The Morgan fingerprint density at radius 2 is 1.78 bits per heavy atom. The Morgan fingerprint density at radius 3 is 2.41 bits per heavy atom. The Balaban J connectivity index is 1.46. The Hall–Kier alpha value is -2.89. The number of nitrogens with zero attached hydrogens (tertiary/aromatic N) is 2. The first kappa shape index (κ1) is 23.8. The largest absolute Gasteiger partial charge is 0.435 e. The fourth-order valence-corrected chi connectivity index (χ4v) is 4.40. The van der Waals surface area contributed by atoms with Crippen molar-refractivity contribution in [3.05, 3.63) is 59.7 Å². The van der Waals surface area contributed by atoms with E-state index in [9.17, 15) is 22.0 Å². The molecule has 1 N–H and O–H groups in total. The number of sulfonamides is 1. The molecule has 32 heavy (non-hydrogen) atoms. The Kier molecular flexibility index (Phi) is 8.26. The molecule has 0 radical (unpaired) electrons. The van der Waals surface area contributed by atoms with Crippen molar-refractivity contribution in [2.75, 3.05) is 26.3 Å². The molecule has 0 bridgehead atoms. The van der Waals surface area contributed by atoms with Crippen LogP contribution in [0.15, 0.2) is 58.5 Å². The first-order valence-electron chi connectivity index (χ1n) is 9.88. The predicted octanol–water partition coefficient (Wildman–Crippen LogP) is 2.39. The van der Waals surface area contributed by atoms with Gasteiger partial charge in [-0.05, 0) is 53.9 Å². The van der Waals surface area contributed by atoms with Crippen LogP contribution >= 0.6 is 0 Å². The van der Waals surface area contributed by atoms with Gasteiger partial charge in [0.1, 0.15) is 5.75 Å². The second kappa shape index (κ2) is 11.1. The molecule has 1 heterocycles. The van der Waals surface area contributed by atoms with E-state index < -0.39 is 16.6 Å². The van der Waals surface area contributed by atoms with Gasteiger partial charge in [0.05, 0.1) is 24.3 Å². The molecule has 3 rings (SSSR count). The molecule has 0 atom stereocenters. The van der Waals surface area contributed by atoms with Crippen LogP contribution in [0.2, 0.25) is 0 Å². The number of halogens is 2. The third-order valence-corrected chi connectivity index (χ3v) is 6.59. The summed E-state index contributed by atoms with van der Waals surface area (Å²) in [7, 11) is -3.55. The van der Waals surface area contributed by atoms with Crippen LogP contribution < -0.4 is 10.2 Å². The molecule has 8 nitrogen and oxygen atoms in total. The van der Waals surface area contributed by atoms with Crippen LogP contribution in [-0.4, -0.2) is 57.8 Å². The smallest absolute Gasteiger partial charge is 0.387 e. The van der Waals surface area contributed by atoms with Crippen molar-refractivity contribution in [3.63, 3.8) is 0 Å². The quantitative estimate of drug-likeness (QED) is 0.451. The van der Waals surface area contributed by atoms with E-state index in [4.69, 9.17) is 4.74 Å². The maximum absolute atomic E-state index is 12.6. The average molecular weight is 467 g/mol. The van der Waals surface area contributed by atoms with Crippen molar-refractivity contribution >= 4 is 22.1 Å². The molecular formula is C21H23F2N3O5S. The summed E-state index contributed by atoms with van der Waals surface area (Å²) >= 11 is 0. The molecule has 0 saturated carbocycles. The molecule has 1 saturated heterocycles. The lowest BCUT2D eigenvalue weighted by atomic mass is 10.1. The number of benzene rings is 2. The van der Waals surface area contributed by atoms with Crippen molar-refractivity contribution in [2.45, 2.75) is 24.3 Å². The van der Waals surface area contributed by atoms with Gasteiger partial charge < -0.3 is 9.47 Å². The van der Waals surface area contributed by atoms with Crippen molar-refractivity contribution in [2.24, 2.45) is 5.10 Å². The van der Waals surface area contributed by atoms with E-state index in [1.165, 1.54) is 46.9 Å². The fraction of sp³-hybridized carbons (Fsp3) is 0.333. The number of hydrogen-bond donors (Lipinski definition) is 1. The Morgan fingerprint density at radius 1 is 1.12 bits per heavy atom. The van der Waals surface area contributed by atoms with E-state index in [-0.39, 0.29) is 23.0 Å². The fourth-order valence-electron chi connectivity index (χ4n) is 2.99. The predicted molar refractivity (Wildman–Crippen MR) is 113 cm³/mol. The minimum Gasteiger partial charge on any atom is -0.435 e. The monoisotopic (exact) mass is 467 g/mol. The molecule has 1 fully saturated rings. The first-order chi connectivity index (χ1) is 15.3. The number of alkyl halides is 2. The summed E-state index contributed by atoms with van der Waals surface area (Å²) in [6.45, 7) is -1.46. The summed E-state index contributed by atoms with van der Waals surface area (Å²) in [5.74, 6) is -0.283. The van der Waals surface area contributed by atoms with E-state index in [1.54, 1.807) is 12.1 Å². The standard InChI is InChI=1S/C21H23F2N3O5S/c22-21(23)31-18-6-1-17(2-7-18)15-24-25-20(27)10-5-16-3-8-19(9-4-16)32(28,29)26-11-13-30-14-12-26/h1-4,6-9,15,21H,5,10-14H2,(H,25,27). The van der Waals surface area contributed by atoms with Crippen LogP contribution in [0.3, 0.4) is 0 Å². The van der Waals surface area contributed by atoms with Crippen LogP contribution in [0.1, 0.15) is 17.5 Å². The van der Waals surface area contributed by atoms with E-state index in [1.807, 2.05) is 0 Å². The second-order valence-corrected chi connectivity index (χ2v) is 8.84. The highest BCUT2D eigenvalue weighted by Crippen LogP contribution is 2.18. The van der Waals surface area contributed by atoms with Crippen LogP contribution in [0.4, 0.5) is 8.78 Å². The van der Waals surface area contributed by atoms with Crippen LogP contribution in [-0.2, 0) is 26.0 Å². The molecule has 11 heteroatoms. The third kappa shape index (κ3) is 6.81. The summed E-state index contributed by atoms with van der Waals surface area (Å²) < 4.78 is 60.3. The number of amides is 1. The zero-order valence-electron chi connectivity index (χ0n) is 17.1. The van der Waals surface area contributed by atoms with Gasteiger partial charge >= 0.3 is 6.61 Å². The number of rotatable bonds is 9. The lowest BCUT2D eigenvalue weighted by molar-refractivity contribution is -0.121. The SMILES string of the molecule is O=C(CCc1ccc(S(=O)(=O)N2CCOCC2)cc1)NN=Cc1ccc(OC(F)F)cc1. The molecule has 0 aromatic heterocycles. The van der Waals surface area contributed by atoms with Crippen molar-refractivity contribution in [1.29, 1.82) is 0 Å². The van der Waals surface area contributed by atoms with E-state index in [0.29, 0.717) is 38.3 Å². The van der Waals surface area contributed by atoms with Gasteiger partial charge in [-0.25, -0.2) is 13.8 Å². The summed E-state index contributed by atoms with van der Waals surface area (Å²) in [6, 6.07) is 12.3. The van der Waals surface area contributed by atoms with Gasteiger partial charge in [0.15, 0.2) is 0 Å². The summed E-state index contributed by atoms with van der Waals surface area (Å²) in [5.41, 5.74) is 3.81. The lowest BCUT2D eigenvalue weighted by Crippen LogP contribution is -2.40. The van der Waals surface area contributed by atoms with Gasteiger partial charge in [0, 0.05) is 19.5 Å². The number of morpholine rings is 1. The Labute approximate surface area is 184 Å². The summed E-state index contributed by atoms with van der Waals surface area (Å²) in [4.78, 5) is 12.2. The number of hydrazone groups is 1. The minimum atomic E-state index is -3.55. The maximum Gasteiger partial charge on any atom is 0.387 e. The molecule has 1 aliphatic heterocycles. The van der Waals surface area contributed by atoms with Crippen molar-refractivity contribution < 1.29 is 31.5 Å². The van der Waals surface area contributed by atoms with Crippen LogP contribution in [0.25, 0.3) is 0 Å². The van der Waals surface area contributed by atoms with Crippen molar-refractivity contribution in [3.8, 4) is 5.75 Å². The zero-order valence-corrected chi connectivity index (χ0v) is 17.9. The molecule has 0 unspecified atom stereocenters. The molecule has 172 valence electrons. The van der Waals surface area contributed by atoms with Gasteiger partial charge in [0.2, 0.25) is 15.9 Å². The number of nitrogens with one attached hydrogen (secondary N) is 1. The average Bonchev–Trinajstić information content (AvgIpc) is 2.79. The van der Waals surface area contributed by atoms with Gasteiger partial charge in [-0.3, -0.25) is 4.79 Å². The Bertz CT molecular complexity index is 1020. The number of aryl methyl sites for hydroxylation is 1. The lowest BCUT2D eigenvalue weighted by Gasteiger charge is -2.26. The third-order valence-electron chi connectivity index (χ3n) is 4.68. The number of hydrogen-bond acceptors (Lipinski definition) is 6.